The average Bonchev–Trinajstić information content (AvgIpc) is 3.21. The second-order valence-corrected chi connectivity index (χ2v) is 7.91. The van der Waals surface area contributed by atoms with Crippen molar-refractivity contribution in [2.24, 2.45) is 7.05 Å². The van der Waals surface area contributed by atoms with E-state index in [1.807, 2.05) is 17.7 Å². The van der Waals surface area contributed by atoms with Gasteiger partial charge in [0.25, 0.3) is 5.91 Å². The van der Waals surface area contributed by atoms with Crippen LogP contribution >= 0.6 is 15.9 Å². The standard InChI is InChI=1S/C21H22BrN3O2/c1-11-7-12(2)20-15(8-11)14(13(3)24-20)5-6-23-21(26)17-9-18-16(25(17)4)10-19(22)27-18/h7-10,24H,5-6H2,1-4H3,(H,23,26). The van der Waals surface area contributed by atoms with Gasteiger partial charge in [-0.05, 0) is 60.3 Å². The Kier molecular flexibility index (Phi) is 4.38. The highest BCUT2D eigenvalue weighted by molar-refractivity contribution is 9.10. The summed E-state index contributed by atoms with van der Waals surface area (Å²) in [4.78, 5) is 16.1. The third kappa shape index (κ3) is 3.08. The highest BCUT2D eigenvalue weighted by atomic mass is 79.9. The molecular weight excluding hydrogens is 406 g/mol. The highest BCUT2D eigenvalue weighted by Crippen LogP contribution is 2.27. The van der Waals surface area contributed by atoms with Gasteiger partial charge in [0.05, 0.1) is 5.52 Å². The first-order chi connectivity index (χ1) is 12.8. The first-order valence-electron chi connectivity index (χ1n) is 8.96. The molecule has 27 heavy (non-hydrogen) atoms. The highest BCUT2D eigenvalue weighted by Gasteiger charge is 2.17. The average molecular weight is 428 g/mol. The summed E-state index contributed by atoms with van der Waals surface area (Å²) < 4.78 is 8.05. The van der Waals surface area contributed by atoms with Crippen molar-refractivity contribution in [3.05, 3.63) is 57.0 Å². The maximum atomic E-state index is 12.6. The summed E-state index contributed by atoms with van der Waals surface area (Å²) in [6, 6.07) is 8.05. The van der Waals surface area contributed by atoms with Crippen molar-refractivity contribution in [1.29, 1.82) is 0 Å². The number of carbonyl (C=O) groups excluding carboxylic acids is 1. The van der Waals surface area contributed by atoms with Gasteiger partial charge in [-0.2, -0.15) is 0 Å². The molecule has 1 aromatic carbocycles. The Morgan fingerprint density at radius 2 is 2.00 bits per heavy atom. The minimum atomic E-state index is -0.0927. The van der Waals surface area contributed by atoms with Gasteiger partial charge in [-0.25, -0.2) is 0 Å². The van der Waals surface area contributed by atoms with Crippen LogP contribution in [0.3, 0.4) is 0 Å². The van der Waals surface area contributed by atoms with Crippen molar-refractivity contribution in [3.63, 3.8) is 0 Å². The maximum absolute atomic E-state index is 12.6. The molecule has 3 heterocycles. The summed E-state index contributed by atoms with van der Waals surface area (Å²) in [7, 11) is 1.87. The topological polar surface area (TPSA) is 63.0 Å². The summed E-state index contributed by atoms with van der Waals surface area (Å²) in [6.45, 7) is 6.91. The van der Waals surface area contributed by atoms with Crippen molar-refractivity contribution >= 4 is 43.8 Å². The van der Waals surface area contributed by atoms with Crippen LogP contribution in [0.2, 0.25) is 0 Å². The van der Waals surface area contributed by atoms with Gasteiger partial charge < -0.3 is 19.3 Å². The van der Waals surface area contributed by atoms with E-state index in [2.05, 4.69) is 59.1 Å². The molecule has 3 aromatic heterocycles. The zero-order chi connectivity index (χ0) is 19.3. The Bertz CT molecular complexity index is 1180. The first-order valence-corrected chi connectivity index (χ1v) is 9.76. The fourth-order valence-corrected chi connectivity index (χ4v) is 4.24. The van der Waals surface area contributed by atoms with E-state index in [1.165, 1.54) is 27.6 Å². The maximum Gasteiger partial charge on any atom is 0.268 e. The van der Waals surface area contributed by atoms with Crippen LogP contribution in [-0.4, -0.2) is 22.0 Å². The number of halogens is 1. The van der Waals surface area contributed by atoms with Gasteiger partial charge in [-0.1, -0.05) is 11.6 Å². The van der Waals surface area contributed by atoms with E-state index >= 15 is 0 Å². The summed E-state index contributed by atoms with van der Waals surface area (Å²) in [5, 5.41) is 4.29. The molecule has 0 unspecified atom stereocenters. The van der Waals surface area contributed by atoms with Crippen LogP contribution in [0.1, 0.15) is 32.9 Å². The smallest absolute Gasteiger partial charge is 0.268 e. The predicted molar refractivity (Wildman–Crippen MR) is 111 cm³/mol. The number of H-pyrrole nitrogens is 1. The molecule has 4 rings (SSSR count). The van der Waals surface area contributed by atoms with Gasteiger partial charge in [-0.15, -0.1) is 0 Å². The van der Waals surface area contributed by atoms with Crippen molar-refractivity contribution in [2.75, 3.05) is 6.54 Å². The minimum Gasteiger partial charge on any atom is -0.448 e. The molecule has 0 fully saturated rings. The van der Waals surface area contributed by atoms with E-state index in [0.717, 1.165) is 17.6 Å². The lowest BCUT2D eigenvalue weighted by molar-refractivity contribution is 0.0946. The van der Waals surface area contributed by atoms with E-state index < -0.39 is 0 Å². The number of hydrogen-bond acceptors (Lipinski definition) is 2. The Hall–Kier alpha value is -2.47. The minimum absolute atomic E-state index is 0.0927. The van der Waals surface area contributed by atoms with Crippen LogP contribution in [0.15, 0.2) is 33.4 Å². The van der Waals surface area contributed by atoms with E-state index in [0.29, 0.717) is 22.5 Å². The third-order valence-corrected chi connectivity index (χ3v) is 5.55. The lowest BCUT2D eigenvalue weighted by Crippen LogP contribution is -2.27. The molecule has 0 saturated carbocycles. The molecule has 0 aliphatic heterocycles. The number of aryl methyl sites for hydroxylation is 4. The summed E-state index contributed by atoms with van der Waals surface area (Å²) in [5.74, 6) is -0.0927. The predicted octanol–water partition coefficient (Wildman–Crippen LogP) is 4.91. The molecule has 5 nitrogen and oxygen atoms in total. The Balaban J connectivity index is 1.52. The molecule has 4 aromatic rings. The number of amides is 1. The Labute approximate surface area is 165 Å². The van der Waals surface area contributed by atoms with Gasteiger partial charge in [0.15, 0.2) is 10.3 Å². The van der Waals surface area contributed by atoms with Gasteiger partial charge in [0, 0.05) is 42.3 Å². The lowest BCUT2D eigenvalue weighted by atomic mass is 10.0. The fourth-order valence-electron chi connectivity index (χ4n) is 3.85. The van der Waals surface area contributed by atoms with Crippen molar-refractivity contribution in [2.45, 2.75) is 27.2 Å². The SMILES string of the molecule is Cc1cc(C)c2[nH]c(C)c(CCNC(=O)c3cc4oc(Br)cc4n3C)c2c1. The Morgan fingerprint density at radius 3 is 2.74 bits per heavy atom. The molecule has 0 saturated heterocycles. The van der Waals surface area contributed by atoms with Gasteiger partial charge >= 0.3 is 0 Å². The number of nitrogens with zero attached hydrogens (tertiary/aromatic N) is 1. The summed E-state index contributed by atoms with van der Waals surface area (Å²) in [5.41, 5.74) is 8.31. The van der Waals surface area contributed by atoms with Crippen LogP contribution in [-0.2, 0) is 13.5 Å². The summed E-state index contributed by atoms with van der Waals surface area (Å²) >= 11 is 3.32. The number of carbonyl (C=O) groups is 1. The summed E-state index contributed by atoms with van der Waals surface area (Å²) in [6.07, 6.45) is 0.784. The number of aromatic nitrogens is 2. The number of benzene rings is 1. The lowest BCUT2D eigenvalue weighted by Gasteiger charge is -2.07. The first kappa shape index (κ1) is 17.9. The number of fused-ring (bicyclic) bond motifs is 2. The largest absolute Gasteiger partial charge is 0.448 e. The number of furan rings is 1. The van der Waals surface area contributed by atoms with Gasteiger partial charge in [0.1, 0.15) is 5.69 Å². The normalized spacial score (nSPS) is 11.6. The van der Waals surface area contributed by atoms with Gasteiger partial charge in [-0.3, -0.25) is 4.79 Å². The van der Waals surface area contributed by atoms with E-state index in [1.54, 1.807) is 6.07 Å². The molecule has 0 atom stereocenters. The van der Waals surface area contributed by atoms with Gasteiger partial charge in [0.2, 0.25) is 0 Å². The van der Waals surface area contributed by atoms with Crippen molar-refractivity contribution in [1.82, 2.24) is 14.9 Å². The van der Waals surface area contributed by atoms with Crippen LogP contribution in [0.4, 0.5) is 0 Å². The number of nitrogens with one attached hydrogen (secondary N) is 2. The molecule has 140 valence electrons. The molecule has 0 radical (unpaired) electrons. The Morgan fingerprint density at radius 1 is 1.22 bits per heavy atom. The number of aromatic amines is 1. The van der Waals surface area contributed by atoms with E-state index in [-0.39, 0.29) is 5.91 Å². The molecule has 2 N–H and O–H groups in total. The third-order valence-electron chi connectivity index (χ3n) is 5.16. The zero-order valence-electron chi connectivity index (χ0n) is 15.9. The van der Waals surface area contributed by atoms with Crippen LogP contribution in [0.25, 0.3) is 22.0 Å². The second kappa shape index (κ2) is 6.60. The molecule has 0 aliphatic carbocycles. The van der Waals surface area contributed by atoms with E-state index in [4.69, 9.17) is 4.42 Å². The second-order valence-electron chi connectivity index (χ2n) is 7.13. The van der Waals surface area contributed by atoms with Crippen LogP contribution in [0, 0.1) is 20.8 Å². The van der Waals surface area contributed by atoms with Crippen molar-refractivity contribution in [3.8, 4) is 0 Å². The monoisotopic (exact) mass is 427 g/mol. The molecular formula is C21H22BrN3O2. The quantitative estimate of drug-likeness (QED) is 0.485. The number of rotatable bonds is 4. The molecule has 1 amide bonds. The van der Waals surface area contributed by atoms with Crippen LogP contribution in [0.5, 0.6) is 0 Å². The molecule has 0 spiro atoms. The number of hydrogen-bond donors (Lipinski definition) is 2. The molecule has 0 bridgehead atoms. The van der Waals surface area contributed by atoms with E-state index in [9.17, 15) is 4.79 Å². The van der Waals surface area contributed by atoms with Crippen LogP contribution < -0.4 is 5.32 Å². The van der Waals surface area contributed by atoms with Crippen molar-refractivity contribution < 1.29 is 9.21 Å². The fraction of sp³-hybridized carbons (Fsp3) is 0.286. The zero-order valence-corrected chi connectivity index (χ0v) is 17.5. The molecule has 6 heteroatoms. The molecule has 0 aliphatic rings.